The summed E-state index contributed by atoms with van der Waals surface area (Å²) in [6, 6.07) is 7.30. The molecule has 0 amide bonds. The van der Waals surface area contributed by atoms with E-state index in [2.05, 4.69) is 11.2 Å². The Bertz CT molecular complexity index is 534. The quantitative estimate of drug-likeness (QED) is 0.707. The fourth-order valence-electron chi connectivity index (χ4n) is 1.44. The minimum atomic E-state index is 0.600. The highest BCUT2D eigenvalue weighted by Gasteiger charge is 2.05. The summed E-state index contributed by atoms with van der Waals surface area (Å²) < 4.78 is 1.70. The summed E-state index contributed by atoms with van der Waals surface area (Å²) >= 11 is 0. The van der Waals surface area contributed by atoms with E-state index in [0.29, 0.717) is 11.3 Å². The molecule has 2 rings (SSSR count). The first-order chi connectivity index (χ1) is 7.20. The number of nitriles is 1. The zero-order chi connectivity index (χ0) is 10.8. The van der Waals surface area contributed by atoms with Gasteiger partial charge in [-0.2, -0.15) is 10.4 Å². The lowest BCUT2D eigenvalue weighted by molar-refractivity contribution is 0.768. The van der Waals surface area contributed by atoms with Gasteiger partial charge in [0, 0.05) is 30.1 Å². The molecule has 0 saturated heterocycles. The van der Waals surface area contributed by atoms with Crippen LogP contribution < -0.4 is 5.73 Å². The van der Waals surface area contributed by atoms with E-state index in [1.807, 2.05) is 13.2 Å². The number of nitrogens with two attached hydrogens (primary N) is 1. The van der Waals surface area contributed by atoms with E-state index >= 15 is 0 Å². The number of benzene rings is 1. The van der Waals surface area contributed by atoms with E-state index in [1.165, 1.54) is 0 Å². The Morgan fingerprint density at radius 3 is 2.87 bits per heavy atom. The molecule has 4 heteroatoms. The molecule has 0 aliphatic rings. The highest BCUT2D eigenvalue weighted by molar-refractivity contribution is 5.76. The van der Waals surface area contributed by atoms with Gasteiger partial charge in [0.25, 0.3) is 0 Å². The van der Waals surface area contributed by atoms with Gasteiger partial charge in [0.1, 0.15) is 0 Å². The highest BCUT2D eigenvalue weighted by Crippen LogP contribution is 2.26. The molecular weight excluding hydrogens is 188 g/mol. The average molecular weight is 198 g/mol. The van der Waals surface area contributed by atoms with Crippen molar-refractivity contribution in [1.29, 1.82) is 5.26 Å². The third-order valence-corrected chi connectivity index (χ3v) is 2.20. The van der Waals surface area contributed by atoms with Crippen LogP contribution in [0.15, 0.2) is 30.6 Å². The summed E-state index contributed by atoms with van der Waals surface area (Å²) in [6.07, 6.45) is 3.60. The van der Waals surface area contributed by atoms with Crippen LogP contribution in [0.4, 0.5) is 5.69 Å². The van der Waals surface area contributed by atoms with E-state index in [-0.39, 0.29) is 0 Å². The monoisotopic (exact) mass is 198 g/mol. The number of hydrogen-bond donors (Lipinski definition) is 1. The van der Waals surface area contributed by atoms with E-state index in [9.17, 15) is 0 Å². The van der Waals surface area contributed by atoms with Crippen LogP contribution in [0.3, 0.4) is 0 Å². The summed E-state index contributed by atoms with van der Waals surface area (Å²) in [5.41, 5.74) is 8.87. The van der Waals surface area contributed by atoms with E-state index in [0.717, 1.165) is 11.1 Å². The van der Waals surface area contributed by atoms with Crippen molar-refractivity contribution >= 4 is 5.69 Å². The molecule has 0 atom stereocenters. The van der Waals surface area contributed by atoms with Crippen LogP contribution in [0.1, 0.15) is 5.56 Å². The Labute approximate surface area is 87.6 Å². The lowest BCUT2D eigenvalue weighted by Gasteiger charge is -2.02. The first-order valence-electron chi connectivity index (χ1n) is 4.49. The predicted octanol–water partition coefficient (Wildman–Crippen LogP) is 1.54. The fraction of sp³-hybridized carbons (Fsp3) is 0.0909. The van der Waals surface area contributed by atoms with Crippen LogP contribution >= 0.6 is 0 Å². The Morgan fingerprint density at radius 2 is 2.27 bits per heavy atom. The van der Waals surface area contributed by atoms with Crippen molar-refractivity contribution in [3.8, 4) is 17.2 Å². The number of anilines is 1. The molecule has 2 aromatic rings. The molecule has 4 nitrogen and oxygen atoms in total. The Balaban J connectivity index is 2.57. The maximum atomic E-state index is 8.79. The molecule has 2 N–H and O–H groups in total. The number of nitrogens with zero attached hydrogens (tertiary/aromatic N) is 3. The number of aromatic nitrogens is 2. The van der Waals surface area contributed by atoms with Gasteiger partial charge in [-0.15, -0.1) is 0 Å². The standard InChI is InChI=1S/C11H10N4/c1-15-7-9(6-14-15)10-4-8(5-12)2-3-11(10)13/h2-4,6-7H,13H2,1H3. The first-order valence-corrected chi connectivity index (χ1v) is 4.49. The molecule has 15 heavy (non-hydrogen) atoms. The van der Waals surface area contributed by atoms with Crippen molar-refractivity contribution < 1.29 is 0 Å². The van der Waals surface area contributed by atoms with Crippen LogP contribution in [-0.4, -0.2) is 9.78 Å². The number of rotatable bonds is 1. The van der Waals surface area contributed by atoms with Gasteiger partial charge in [-0.25, -0.2) is 0 Å². The van der Waals surface area contributed by atoms with Gasteiger partial charge < -0.3 is 5.73 Å². The maximum Gasteiger partial charge on any atom is 0.0991 e. The fourth-order valence-corrected chi connectivity index (χ4v) is 1.44. The summed E-state index contributed by atoms with van der Waals surface area (Å²) in [6.45, 7) is 0. The van der Waals surface area contributed by atoms with Crippen LogP contribution in [-0.2, 0) is 7.05 Å². The van der Waals surface area contributed by atoms with E-state index < -0.39 is 0 Å². The van der Waals surface area contributed by atoms with Crippen LogP contribution in [0.5, 0.6) is 0 Å². The normalized spacial score (nSPS) is 9.87. The van der Waals surface area contributed by atoms with Gasteiger partial charge in [0.2, 0.25) is 0 Å². The average Bonchev–Trinajstić information content (AvgIpc) is 2.65. The molecule has 0 spiro atoms. The maximum absolute atomic E-state index is 8.79. The highest BCUT2D eigenvalue weighted by atomic mass is 15.2. The van der Waals surface area contributed by atoms with Gasteiger partial charge >= 0.3 is 0 Å². The molecule has 0 radical (unpaired) electrons. The number of hydrogen-bond acceptors (Lipinski definition) is 3. The Kier molecular flexibility index (Phi) is 2.14. The molecule has 74 valence electrons. The first kappa shape index (κ1) is 9.28. The van der Waals surface area contributed by atoms with Crippen LogP contribution in [0.2, 0.25) is 0 Å². The SMILES string of the molecule is Cn1cc(-c2cc(C#N)ccc2N)cn1. The van der Waals surface area contributed by atoms with Crippen molar-refractivity contribution in [2.45, 2.75) is 0 Å². The van der Waals surface area contributed by atoms with Gasteiger partial charge in [-0.1, -0.05) is 0 Å². The van der Waals surface area contributed by atoms with Crippen molar-refractivity contribution in [1.82, 2.24) is 9.78 Å². The van der Waals surface area contributed by atoms with Crippen molar-refractivity contribution in [2.75, 3.05) is 5.73 Å². The second-order valence-corrected chi connectivity index (χ2v) is 3.32. The van der Waals surface area contributed by atoms with Crippen molar-refractivity contribution in [3.63, 3.8) is 0 Å². The number of aryl methyl sites for hydroxylation is 1. The second-order valence-electron chi connectivity index (χ2n) is 3.32. The summed E-state index contributed by atoms with van der Waals surface area (Å²) in [4.78, 5) is 0. The minimum Gasteiger partial charge on any atom is -0.398 e. The molecule has 1 aromatic heterocycles. The molecule has 0 fully saturated rings. The predicted molar refractivity (Wildman–Crippen MR) is 57.8 cm³/mol. The van der Waals surface area contributed by atoms with Crippen LogP contribution in [0.25, 0.3) is 11.1 Å². The van der Waals surface area contributed by atoms with Gasteiger partial charge in [0.05, 0.1) is 17.8 Å². The third-order valence-electron chi connectivity index (χ3n) is 2.20. The largest absolute Gasteiger partial charge is 0.398 e. The molecule has 0 saturated carbocycles. The molecule has 0 bridgehead atoms. The molecule has 0 aliphatic carbocycles. The second kappa shape index (κ2) is 3.46. The summed E-state index contributed by atoms with van der Waals surface area (Å²) in [5, 5.41) is 12.9. The Morgan fingerprint density at radius 1 is 1.47 bits per heavy atom. The zero-order valence-electron chi connectivity index (χ0n) is 8.31. The van der Waals surface area contributed by atoms with E-state index in [4.69, 9.17) is 11.0 Å². The minimum absolute atomic E-state index is 0.600. The van der Waals surface area contributed by atoms with Gasteiger partial charge in [0.15, 0.2) is 0 Å². The third kappa shape index (κ3) is 1.67. The Hall–Kier alpha value is -2.28. The van der Waals surface area contributed by atoms with Crippen molar-refractivity contribution in [2.24, 2.45) is 7.05 Å². The summed E-state index contributed by atoms with van der Waals surface area (Å²) in [7, 11) is 1.84. The molecule has 0 aliphatic heterocycles. The van der Waals surface area contributed by atoms with Gasteiger partial charge in [-0.05, 0) is 18.2 Å². The zero-order valence-corrected chi connectivity index (χ0v) is 8.31. The smallest absolute Gasteiger partial charge is 0.0991 e. The van der Waals surface area contributed by atoms with E-state index in [1.54, 1.807) is 29.1 Å². The van der Waals surface area contributed by atoms with Crippen molar-refractivity contribution in [3.05, 3.63) is 36.2 Å². The van der Waals surface area contributed by atoms with Gasteiger partial charge in [-0.3, -0.25) is 4.68 Å². The molecule has 1 aromatic carbocycles. The lowest BCUT2D eigenvalue weighted by atomic mass is 10.0. The molecule has 0 unspecified atom stereocenters. The summed E-state index contributed by atoms with van der Waals surface area (Å²) in [5.74, 6) is 0. The molecule has 1 heterocycles. The molecular formula is C11H10N4. The van der Waals surface area contributed by atoms with Crippen LogP contribution in [0, 0.1) is 11.3 Å². The topological polar surface area (TPSA) is 67.6 Å². The number of nitrogen functional groups attached to an aromatic ring is 1. The lowest BCUT2D eigenvalue weighted by Crippen LogP contribution is -1.90.